The summed E-state index contributed by atoms with van der Waals surface area (Å²) in [6.45, 7) is 3.07. The summed E-state index contributed by atoms with van der Waals surface area (Å²) in [5.41, 5.74) is 0. The standard InChI is InChI=1S/C12H16O4S/c1-4-12(13)9(2)17(14,15)11-7-5-6-10(8-11)16-3/h5-9H,4H2,1-3H3. The molecule has 0 fully saturated rings. The number of carbonyl (C=O) groups is 1. The average Bonchev–Trinajstić information content (AvgIpc) is 2.36. The first-order valence-corrected chi connectivity index (χ1v) is 6.88. The van der Waals surface area contributed by atoms with Crippen LogP contribution in [0, 0.1) is 0 Å². The van der Waals surface area contributed by atoms with E-state index >= 15 is 0 Å². The Bertz CT molecular complexity index is 505. The fourth-order valence-corrected chi connectivity index (χ4v) is 2.91. The molecule has 0 aliphatic rings. The molecule has 0 aromatic heterocycles. The normalized spacial score (nSPS) is 13.1. The van der Waals surface area contributed by atoms with Gasteiger partial charge in [-0.2, -0.15) is 0 Å². The van der Waals surface area contributed by atoms with Crippen molar-refractivity contribution in [3.8, 4) is 5.75 Å². The number of ketones is 1. The van der Waals surface area contributed by atoms with E-state index in [-0.39, 0.29) is 17.1 Å². The average molecular weight is 256 g/mol. The summed E-state index contributed by atoms with van der Waals surface area (Å²) in [6.07, 6.45) is 0.213. The van der Waals surface area contributed by atoms with Gasteiger partial charge in [0, 0.05) is 6.42 Å². The van der Waals surface area contributed by atoms with Gasteiger partial charge in [-0.3, -0.25) is 4.79 Å². The van der Waals surface area contributed by atoms with Crippen LogP contribution < -0.4 is 4.74 Å². The highest BCUT2D eigenvalue weighted by molar-refractivity contribution is 7.92. The maximum Gasteiger partial charge on any atom is 0.188 e. The molecular weight excluding hydrogens is 240 g/mol. The molecule has 1 aromatic carbocycles. The first-order chi connectivity index (χ1) is 7.93. The summed E-state index contributed by atoms with van der Waals surface area (Å²) in [7, 11) is -2.15. The zero-order chi connectivity index (χ0) is 13.1. The van der Waals surface area contributed by atoms with E-state index in [0.29, 0.717) is 5.75 Å². The lowest BCUT2D eigenvalue weighted by atomic mass is 10.2. The van der Waals surface area contributed by atoms with Crippen molar-refractivity contribution < 1.29 is 17.9 Å². The molecule has 94 valence electrons. The van der Waals surface area contributed by atoms with Crippen LogP contribution >= 0.6 is 0 Å². The Morgan fingerprint density at radius 3 is 2.59 bits per heavy atom. The summed E-state index contributed by atoms with van der Waals surface area (Å²) in [5, 5.41) is -1.01. The van der Waals surface area contributed by atoms with Crippen molar-refractivity contribution in [2.75, 3.05) is 7.11 Å². The van der Waals surface area contributed by atoms with E-state index in [1.54, 1.807) is 19.1 Å². The predicted molar refractivity (Wildman–Crippen MR) is 64.9 cm³/mol. The molecule has 0 saturated carbocycles. The van der Waals surface area contributed by atoms with E-state index in [4.69, 9.17) is 4.74 Å². The molecule has 0 radical (unpaired) electrons. The van der Waals surface area contributed by atoms with Gasteiger partial charge < -0.3 is 4.74 Å². The molecule has 5 heteroatoms. The van der Waals surface area contributed by atoms with E-state index in [2.05, 4.69) is 0 Å². The number of hydrogen-bond acceptors (Lipinski definition) is 4. The van der Waals surface area contributed by atoms with Gasteiger partial charge in [0.15, 0.2) is 15.6 Å². The van der Waals surface area contributed by atoms with Crippen LogP contribution in [0.5, 0.6) is 5.75 Å². The number of methoxy groups -OCH3 is 1. The van der Waals surface area contributed by atoms with Gasteiger partial charge in [-0.1, -0.05) is 13.0 Å². The van der Waals surface area contributed by atoms with Crippen molar-refractivity contribution in [2.45, 2.75) is 30.4 Å². The van der Waals surface area contributed by atoms with E-state index in [1.807, 2.05) is 0 Å². The van der Waals surface area contributed by atoms with Crippen molar-refractivity contribution >= 4 is 15.6 Å². The Morgan fingerprint density at radius 2 is 2.06 bits per heavy atom. The molecule has 1 rings (SSSR count). The van der Waals surface area contributed by atoms with Gasteiger partial charge in [-0.25, -0.2) is 8.42 Å². The lowest BCUT2D eigenvalue weighted by molar-refractivity contribution is -0.118. The highest BCUT2D eigenvalue weighted by Crippen LogP contribution is 2.21. The highest BCUT2D eigenvalue weighted by atomic mass is 32.2. The number of benzene rings is 1. The van der Waals surface area contributed by atoms with E-state index < -0.39 is 15.1 Å². The minimum atomic E-state index is -3.61. The molecule has 0 aliphatic carbocycles. The Kier molecular flexibility index (Phi) is 4.28. The van der Waals surface area contributed by atoms with E-state index in [9.17, 15) is 13.2 Å². The number of sulfone groups is 1. The number of Topliss-reactive ketones (excluding diaryl/α,β-unsaturated/α-hetero) is 1. The summed E-state index contributed by atoms with van der Waals surface area (Å²) in [5.74, 6) is 0.176. The third kappa shape index (κ3) is 2.85. The molecule has 0 saturated heterocycles. The van der Waals surface area contributed by atoms with Gasteiger partial charge >= 0.3 is 0 Å². The number of rotatable bonds is 5. The molecule has 0 spiro atoms. The van der Waals surface area contributed by atoms with Gasteiger partial charge in [0.1, 0.15) is 11.0 Å². The third-order valence-electron chi connectivity index (χ3n) is 2.64. The smallest absolute Gasteiger partial charge is 0.188 e. The van der Waals surface area contributed by atoms with Gasteiger partial charge in [0.25, 0.3) is 0 Å². The first kappa shape index (κ1) is 13.7. The fraction of sp³-hybridized carbons (Fsp3) is 0.417. The molecule has 0 aliphatic heterocycles. The highest BCUT2D eigenvalue weighted by Gasteiger charge is 2.28. The maximum atomic E-state index is 12.1. The van der Waals surface area contributed by atoms with Crippen LogP contribution in [0.4, 0.5) is 0 Å². The molecule has 1 atom stereocenters. The van der Waals surface area contributed by atoms with Gasteiger partial charge in [-0.05, 0) is 25.1 Å². The van der Waals surface area contributed by atoms with Crippen LogP contribution in [0.3, 0.4) is 0 Å². The number of hydrogen-bond donors (Lipinski definition) is 0. The second-order valence-corrected chi connectivity index (χ2v) is 5.95. The zero-order valence-electron chi connectivity index (χ0n) is 10.1. The SMILES string of the molecule is CCC(=O)C(C)S(=O)(=O)c1cccc(OC)c1. The quantitative estimate of drug-likeness (QED) is 0.806. The second kappa shape index (κ2) is 5.31. The molecule has 0 N–H and O–H groups in total. The van der Waals surface area contributed by atoms with Crippen LogP contribution in [-0.4, -0.2) is 26.6 Å². The van der Waals surface area contributed by atoms with Crippen LogP contribution in [-0.2, 0) is 14.6 Å². The molecule has 0 amide bonds. The minimum absolute atomic E-state index is 0.117. The van der Waals surface area contributed by atoms with Crippen LogP contribution in [0.25, 0.3) is 0 Å². The van der Waals surface area contributed by atoms with Crippen molar-refractivity contribution in [2.24, 2.45) is 0 Å². The molecule has 17 heavy (non-hydrogen) atoms. The zero-order valence-corrected chi connectivity index (χ0v) is 11.0. The molecular formula is C12H16O4S. The lowest BCUT2D eigenvalue weighted by Crippen LogP contribution is -2.26. The Balaban J connectivity index is 3.17. The molecule has 4 nitrogen and oxygen atoms in total. The van der Waals surface area contributed by atoms with Crippen LogP contribution in [0.15, 0.2) is 29.2 Å². The van der Waals surface area contributed by atoms with E-state index in [0.717, 1.165) is 0 Å². The Morgan fingerprint density at radius 1 is 1.41 bits per heavy atom. The lowest BCUT2D eigenvalue weighted by Gasteiger charge is -2.11. The first-order valence-electron chi connectivity index (χ1n) is 5.34. The van der Waals surface area contributed by atoms with Gasteiger partial charge in [0.05, 0.1) is 12.0 Å². The largest absolute Gasteiger partial charge is 0.497 e. The Labute approximate surface area is 102 Å². The summed E-state index contributed by atoms with van der Waals surface area (Å²) < 4.78 is 29.2. The van der Waals surface area contributed by atoms with Crippen molar-refractivity contribution in [3.63, 3.8) is 0 Å². The molecule has 1 unspecified atom stereocenters. The molecule has 0 bridgehead atoms. The van der Waals surface area contributed by atoms with Crippen LogP contribution in [0.2, 0.25) is 0 Å². The summed E-state index contributed by atoms with van der Waals surface area (Å²) in [6, 6.07) is 6.15. The van der Waals surface area contributed by atoms with Crippen molar-refractivity contribution in [1.29, 1.82) is 0 Å². The second-order valence-electron chi connectivity index (χ2n) is 3.69. The van der Waals surface area contributed by atoms with Crippen molar-refractivity contribution in [3.05, 3.63) is 24.3 Å². The van der Waals surface area contributed by atoms with Crippen LogP contribution in [0.1, 0.15) is 20.3 Å². The predicted octanol–water partition coefficient (Wildman–Crippen LogP) is 1.84. The summed E-state index contributed by atoms with van der Waals surface area (Å²) >= 11 is 0. The number of ether oxygens (including phenoxy) is 1. The van der Waals surface area contributed by atoms with Crippen molar-refractivity contribution in [1.82, 2.24) is 0 Å². The minimum Gasteiger partial charge on any atom is -0.497 e. The maximum absolute atomic E-state index is 12.1. The van der Waals surface area contributed by atoms with Gasteiger partial charge in [-0.15, -0.1) is 0 Å². The topological polar surface area (TPSA) is 60.4 Å². The van der Waals surface area contributed by atoms with E-state index in [1.165, 1.54) is 26.2 Å². The fourth-order valence-electron chi connectivity index (χ4n) is 1.44. The third-order valence-corrected chi connectivity index (χ3v) is 4.74. The van der Waals surface area contributed by atoms with Gasteiger partial charge in [0.2, 0.25) is 0 Å². The molecule has 0 heterocycles. The Hall–Kier alpha value is -1.36. The molecule has 1 aromatic rings. The summed E-state index contributed by atoms with van der Waals surface area (Å²) in [4.78, 5) is 11.6. The number of carbonyl (C=O) groups excluding carboxylic acids is 1. The monoisotopic (exact) mass is 256 g/mol.